The molecule has 0 amide bonds. The molecule has 0 bridgehead atoms. The van der Waals surface area contributed by atoms with Crippen LogP contribution in [0, 0.1) is 0 Å². The van der Waals surface area contributed by atoms with Crippen LogP contribution in [-0.2, 0) is 12.3 Å². The van der Waals surface area contributed by atoms with Gasteiger partial charge in [0.25, 0.3) is 0 Å². The van der Waals surface area contributed by atoms with Gasteiger partial charge in [0.15, 0.2) is 0 Å². The highest BCUT2D eigenvalue weighted by atomic mass is 35.5. The van der Waals surface area contributed by atoms with Crippen molar-refractivity contribution in [2.45, 2.75) is 17.5 Å². The van der Waals surface area contributed by atoms with Gasteiger partial charge in [0.05, 0.1) is 11.6 Å². The molecular weight excluding hydrogens is 411 g/mol. The fourth-order valence-electron chi connectivity index (χ4n) is 2.35. The maximum absolute atomic E-state index is 6.29. The zero-order valence-corrected chi connectivity index (χ0v) is 16.9. The first-order valence-electron chi connectivity index (χ1n) is 8.00. The van der Waals surface area contributed by atoms with Crippen molar-refractivity contribution in [3.8, 4) is 5.75 Å². The number of hydrogen-bond acceptors (Lipinski definition) is 3. The molecule has 0 aliphatic rings. The van der Waals surface area contributed by atoms with E-state index in [1.54, 1.807) is 24.0 Å². The molecule has 0 saturated heterocycles. The number of halogens is 3. The Bertz CT molecular complexity index is 825. The second kappa shape index (κ2) is 9.56. The summed E-state index contributed by atoms with van der Waals surface area (Å²) >= 11 is 20.0. The van der Waals surface area contributed by atoms with Gasteiger partial charge in [-0.3, -0.25) is 0 Å². The first-order valence-corrected chi connectivity index (χ1v) is 10.2. The fourth-order valence-corrected chi connectivity index (χ4v) is 4.14. The smallest absolute Gasteiger partial charge is 0.119 e. The Morgan fingerprint density at radius 1 is 1.04 bits per heavy atom. The number of rotatable bonds is 8. The van der Waals surface area contributed by atoms with Gasteiger partial charge < -0.3 is 9.30 Å². The Kier molecular flexibility index (Phi) is 7.15. The van der Waals surface area contributed by atoms with Gasteiger partial charge in [-0.15, -0.1) is 11.8 Å². The van der Waals surface area contributed by atoms with Crippen LogP contribution in [0.15, 0.2) is 61.2 Å². The van der Waals surface area contributed by atoms with Gasteiger partial charge in [-0.2, -0.15) is 0 Å². The first-order chi connectivity index (χ1) is 12.6. The standard InChI is InChI=1S/C19H17Cl3N2OS/c20-15-3-5-17(6-4-15)25-11-18(10-24-8-7-23-13-24)26-12-14-1-2-16(21)9-19(14)22/h1-9,13,18H,10-12H2. The monoisotopic (exact) mass is 426 g/mol. The molecule has 3 rings (SSSR count). The van der Waals surface area contributed by atoms with Gasteiger partial charge in [-0.05, 0) is 42.0 Å². The van der Waals surface area contributed by atoms with Crippen molar-refractivity contribution in [3.05, 3.63) is 81.8 Å². The molecular formula is C19H17Cl3N2OS. The Balaban J connectivity index is 1.63. The Hall–Kier alpha value is -1.33. The van der Waals surface area contributed by atoms with E-state index in [1.807, 2.05) is 53.5 Å². The molecule has 1 aromatic heterocycles. The first kappa shape index (κ1) is 19.4. The third-order valence-electron chi connectivity index (χ3n) is 3.71. The van der Waals surface area contributed by atoms with E-state index in [1.165, 1.54) is 0 Å². The molecule has 136 valence electrons. The molecule has 26 heavy (non-hydrogen) atoms. The largest absolute Gasteiger partial charge is 0.492 e. The number of benzene rings is 2. The summed E-state index contributed by atoms with van der Waals surface area (Å²) in [6.07, 6.45) is 5.54. The second-order valence-electron chi connectivity index (χ2n) is 5.69. The number of thioether (sulfide) groups is 1. The number of aromatic nitrogens is 2. The SMILES string of the molecule is Clc1ccc(OCC(Cn2ccnc2)SCc2ccc(Cl)cc2Cl)cc1. The second-order valence-corrected chi connectivity index (χ2v) is 8.26. The normalized spacial score (nSPS) is 12.1. The predicted octanol–water partition coefficient (Wildman–Crippen LogP) is 6.22. The molecule has 3 aromatic rings. The Morgan fingerprint density at radius 2 is 1.81 bits per heavy atom. The minimum Gasteiger partial charge on any atom is -0.492 e. The van der Waals surface area contributed by atoms with E-state index >= 15 is 0 Å². The van der Waals surface area contributed by atoms with Gasteiger partial charge in [0.2, 0.25) is 0 Å². The number of imidazole rings is 1. The van der Waals surface area contributed by atoms with Crippen LogP contribution < -0.4 is 4.74 Å². The topological polar surface area (TPSA) is 27.1 Å². The molecule has 3 nitrogen and oxygen atoms in total. The molecule has 1 heterocycles. The van der Waals surface area contributed by atoms with E-state index in [4.69, 9.17) is 39.5 Å². The molecule has 0 saturated carbocycles. The van der Waals surface area contributed by atoms with Crippen LogP contribution in [0.2, 0.25) is 15.1 Å². The summed E-state index contributed by atoms with van der Waals surface area (Å²) in [4.78, 5) is 4.11. The van der Waals surface area contributed by atoms with Crippen LogP contribution >= 0.6 is 46.6 Å². The summed E-state index contributed by atoms with van der Waals surface area (Å²) in [6, 6.07) is 13.0. The maximum atomic E-state index is 6.29. The number of nitrogens with zero attached hydrogens (tertiary/aromatic N) is 2. The van der Waals surface area contributed by atoms with Crippen molar-refractivity contribution in [1.82, 2.24) is 9.55 Å². The Morgan fingerprint density at radius 3 is 2.50 bits per heavy atom. The third kappa shape index (κ3) is 5.85. The summed E-state index contributed by atoms with van der Waals surface area (Å²) in [6.45, 7) is 1.36. The highest BCUT2D eigenvalue weighted by Gasteiger charge is 2.13. The molecule has 1 atom stereocenters. The number of ether oxygens (including phenoxy) is 1. The van der Waals surface area contributed by atoms with Crippen molar-refractivity contribution in [3.63, 3.8) is 0 Å². The lowest BCUT2D eigenvalue weighted by atomic mass is 10.2. The molecule has 2 aromatic carbocycles. The van der Waals surface area contributed by atoms with E-state index < -0.39 is 0 Å². The van der Waals surface area contributed by atoms with Gasteiger partial charge in [-0.1, -0.05) is 40.9 Å². The van der Waals surface area contributed by atoms with E-state index in [0.717, 1.165) is 23.6 Å². The zero-order chi connectivity index (χ0) is 18.4. The molecule has 0 N–H and O–H groups in total. The highest BCUT2D eigenvalue weighted by Crippen LogP contribution is 2.27. The van der Waals surface area contributed by atoms with Gasteiger partial charge in [0.1, 0.15) is 12.4 Å². The maximum Gasteiger partial charge on any atom is 0.119 e. The van der Waals surface area contributed by atoms with E-state index in [9.17, 15) is 0 Å². The van der Waals surface area contributed by atoms with Crippen LogP contribution in [0.1, 0.15) is 5.56 Å². The van der Waals surface area contributed by atoms with Crippen LogP contribution in [0.4, 0.5) is 0 Å². The summed E-state index contributed by atoms with van der Waals surface area (Å²) in [5.74, 6) is 1.58. The van der Waals surface area contributed by atoms with Gasteiger partial charge in [0, 0.05) is 39.8 Å². The zero-order valence-electron chi connectivity index (χ0n) is 13.8. The molecule has 0 fully saturated rings. The summed E-state index contributed by atoms with van der Waals surface area (Å²) in [7, 11) is 0. The van der Waals surface area contributed by atoms with E-state index in [0.29, 0.717) is 21.7 Å². The minimum absolute atomic E-state index is 0.228. The lowest BCUT2D eigenvalue weighted by Gasteiger charge is -2.18. The summed E-state index contributed by atoms with van der Waals surface area (Å²) < 4.78 is 7.99. The lowest BCUT2D eigenvalue weighted by Crippen LogP contribution is -2.20. The van der Waals surface area contributed by atoms with Crippen molar-refractivity contribution in [1.29, 1.82) is 0 Å². The molecule has 1 unspecified atom stereocenters. The van der Waals surface area contributed by atoms with Crippen LogP contribution in [0.5, 0.6) is 5.75 Å². The molecule has 0 spiro atoms. The molecule has 0 radical (unpaired) electrons. The molecule has 0 aliphatic heterocycles. The van der Waals surface area contributed by atoms with E-state index in [-0.39, 0.29) is 5.25 Å². The minimum atomic E-state index is 0.228. The fraction of sp³-hybridized carbons (Fsp3) is 0.211. The quantitative estimate of drug-likeness (QED) is 0.427. The van der Waals surface area contributed by atoms with Gasteiger partial charge in [-0.25, -0.2) is 4.98 Å². The Labute approximate surface area is 172 Å². The van der Waals surface area contributed by atoms with Crippen molar-refractivity contribution in [2.24, 2.45) is 0 Å². The van der Waals surface area contributed by atoms with Crippen molar-refractivity contribution in [2.75, 3.05) is 6.61 Å². The predicted molar refractivity (Wildman–Crippen MR) is 111 cm³/mol. The average Bonchev–Trinajstić information content (AvgIpc) is 3.13. The van der Waals surface area contributed by atoms with Crippen LogP contribution in [0.25, 0.3) is 0 Å². The third-order valence-corrected chi connectivity index (χ3v) is 5.79. The lowest BCUT2D eigenvalue weighted by molar-refractivity contribution is 0.308. The average molecular weight is 428 g/mol. The van der Waals surface area contributed by atoms with Crippen LogP contribution in [0.3, 0.4) is 0 Å². The number of hydrogen-bond donors (Lipinski definition) is 0. The highest BCUT2D eigenvalue weighted by molar-refractivity contribution is 7.99. The summed E-state index contributed by atoms with van der Waals surface area (Å²) in [5, 5.41) is 2.25. The van der Waals surface area contributed by atoms with Crippen molar-refractivity contribution < 1.29 is 4.74 Å². The summed E-state index contributed by atoms with van der Waals surface area (Å²) in [5.41, 5.74) is 1.06. The van der Waals surface area contributed by atoms with Crippen molar-refractivity contribution >= 4 is 46.6 Å². The van der Waals surface area contributed by atoms with Gasteiger partial charge >= 0.3 is 0 Å². The molecule has 0 aliphatic carbocycles. The molecule has 7 heteroatoms. The van der Waals surface area contributed by atoms with E-state index in [2.05, 4.69) is 4.98 Å². The van der Waals surface area contributed by atoms with Crippen LogP contribution in [-0.4, -0.2) is 21.4 Å².